The summed E-state index contributed by atoms with van der Waals surface area (Å²) in [5.74, 6) is -0.765. The van der Waals surface area contributed by atoms with E-state index in [9.17, 15) is 12.8 Å². The maximum Gasteiger partial charge on any atom is 0.263 e. The van der Waals surface area contributed by atoms with Gasteiger partial charge in [0, 0.05) is 18.1 Å². The van der Waals surface area contributed by atoms with Crippen LogP contribution in [0.1, 0.15) is 5.69 Å². The zero-order valence-electron chi connectivity index (χ0n) is 9.09. The van der Waals surface area contributed by atoms with Gasteiger partial charge >= 0.3 is 0 Å². The lowest BCUT2D eigenvalue weighted by Gasteiger charge is -2.06. The van der Waals surface area contributed by atoms with Gasteiger partial charge in [0.1, 0.15) is 4.90 Å². The van der Waals surface area contributed by atoms with Gasteiger partial charge in [0.15, 0.2) is 5.82 Å². The second-order valence-electron chi connectivity index (χ2n) is 3.48. The minimum absolute atomic E-state index is 0.0808. The van der Waals surface area contributed by atoms with Crippen LogP contribution in [0.15, 0.2) is 35.6 Å². The van der Waals surface area contributed by atoms with E-state index in [1.807, 2.05) is 0 Å². The Morgan fingerprint density at radius 2 is 2.28 bits per heavy atom. The highest BCUT2D eigenvalue weighted by atomic mass is 32.2. The molecule has 2 aromatic rings. The molecule has 0 aliphatic rings. The van der Waals surface area contributed by atoms with Gasteiger partial charge in [-0.25, -0.2) is 12.8 Å². The molecular formula is C10H10FN3O3S. The Morgan fingerprint density at radius 3 is 2.89 bits per heavy atom. The summed E-state index contributed by atoms with van der Waals surface area (Å²) in [6, 6.07) is 2.48. The van der Waals surface area contributed by atoms with Gasteiger partial charge < -0.3 is 10.1 Å². The van der Waals surface area contributed by atoms with Crippen molar-refractivity contribution in [2.75, 3.05) is 4.72 Å². The van der Waals surface area contributed by atoms with Crippen molar-refractivity contribution < 1.29 is 17.9 Å². The molecule has 3 N–H and O–H groups in total. The molecule has 18 heavy (non-hydrogen) atoms. The molecule has 0 aliphatic carbocycles. The van der Waals surface area contributed by atoms with E-state index in [0.717, 1.165) is 6.20 Å². The highest BCUT2D eigenvalue weighted by molar-refractivity contribution is 7.92. The zero-order valence-corrected chi connectivity index (χ0v) is 9.91. The highest BCUT2D eigenvalue weighted by Gasteiger charge is 2.17. The molecule has 0 fully saturated rings. The van der Waals surface area contributed by atoms with Gasteiger partial charge in [-0.05, 0) is 12.1 Å². The molecule has 0 saturated heterocycles. The van der Waals surface area contributed by atoms with Crippen LogP contribution >= 0.6 is 0 Å². The second-order valence-corrected chi connectivity index (χ2v) is 5.16. The van der Waals surface area contributed by atoms with Gasteiger partial charge in [-0.3, -0.25) is 9.71 Å². The molecule has 0 amide bonds. The van der Waals surface area contributed by atoms with Gasteiger partial charge in [0.05, 0.1) is 18.5 Å². The molecule has 0 saturated carbocycles. The van der Waals surface area contributed by atoms with Gasteiger partial charge in [-0.2, -0.15) is 0 Å². The summed E-state index contributed by atoms with van der Waals surface area (Å²) in [6.07, 6.45) is 3.40. The number of H-pyrrole nitrogens is 1. The van der Waals surface area contributed by atoms with Crippen LogP contribution < -0.4 is 4.72 Å². The number of nitrogens with one attached hydrogen (secondary N) is 2. The molecule has 0 aliphatic heterocycles. The molecular weight excluding hydrogens is 261 g/mol. The van der Waals surface area contributed by atoms with Crippen molar-refractivity contribution in [1.29, 1.82) is 0 Å². The fourth-order valence-electron chi connectivity index (χ4n) is 1.33. The number of halogens is 1. The van der Waals surface area contributed by atoms with E-state index in [4.69, 9.17) is 5.11 Å². The quantitative estimate of drug-likeness (QED) is 0.768. The van der Waals surface area contributed by atoms with Gasteiger partial charge in [-0.1, -0.05) is 0 Å². The zero-order chi connectivity index (χ0) is 13.2. The van der Waals surface area contributed by atoms with Gasteiger partial charge in [0.2, 0.25) is 0 Å². The van der Waals surface area contributed by atoms with Crippen molar-refractivity contribution in [3.8, 4) is 0 Å². The lowest BCUT2D eigenvalue weighted by molar-refractivity contribution is 0.277. The third kappa shape index (κ3) is 2.49. The van der Waals surface area contributed by atoms with E-state index in [1.54, 1.807) is 0 Å². The number of sulfonamides is 1. The SMILES string of the molecule is O=S(=O)(Nc1ccncc1F)c1c[nH]c(CO)c1. The van der Waals surface area contributed by atoms with E-state index in [2.05, 4.69) is 14.7 Å². The lowest BCUT2D eigenvalue weighted by atomic mass is 10.4. The van der Waals surface area contributed by atoms with Crippen molar-refractivity contribution in [2.45, 2.75) is 11.5 Å². The molecule has 8 heteroatoms. The van der Waals surface area contributed by atoms with Crippen molar-refractivity contribution in [1.82, 2.24) is 9.97 Å². The molecule has 2 rings (SSSR count). The molecule has 2 aromatic heterocycles. The number of aliphatic hydroxyl groups is 1. The van der Waals surface area contributed by atoms with E-state index in [1.165, 1.54) is 24.5 Å². The first-order valence-electron chi connectivity index (χ1n) is 4.93. The first kappa shape index (κ1) is 12.5. The lowest BCUT2D eigenvalue weighted by Crippen LogP contribution is -2.13. The second kappa shape index (κ2) is 4.75. The minimum atomic E-state index is -3.89. The van der Waals surface area contributed by atoms with Crippen molar-refractivity contribution in [3.63, 3.8) is 0 Å². The van der Waals surface area contributed by atoms with Crippen LogP contribution in [0.5, 0.6) is 0 Å². The summed E-state index contributed by atoms with van der Waals surface area (Å²) in [4.78, 5) is 6.02. The molecule has 0 radical (unpaired) electrons. The summed E-state index contributed by atoms with van der Waals surface area (Å²) in [5, 5.41) is 8.84. The average molecular weight is 271 g/mol. The van der Waals surface area contributed by atoms with E-state index in [0.29, 0.717) is 5.69 Å². The molecule has 0 aromatic carbocycles. The average Bonchev–Trinajstić information content (AvgIpc) is 2.81. The standard InChI is InChI=1S/C10H10FN3O3S/c11-9-5-12-2-1-10(9)14-18(16,17)8-3-7(6-15)13-4-8/h1-5,13,15H,6H2,(H,12,14). The van der Waals surface area contributed by atoms with Crippen molar-refractivity contribution >= 4 is 15.7 Å². The predicted molar refractivity (Wildman–Crippen MR) is 61.7 cm³/mol. The smallest absolute Gasteiger partial charge is 0.263 e. The van der Waals surface area contributed by atoms with Crippen LogP contribution in [0.4, 0.5) is 10.1 Å². The number of anilines is 1. The Labute approximate surface area is 103 Å². The summed E-state index contributed by atoms with van der Waals surface area (Å²) in [6.45, 7) is -0.306. The topological polar surface area (TPSA) is 95.1 Å². The summed E-state index contributed by atoms with van der Waals surface area (Å²) in [7, 11) is -3.89. The summed E-state index contributed by atoms with van der Waals surface area (Å²) in [5.41, 5.74) is 0.169. The number of aliphatic hydroxyl groups excluding tert-OH is 1. The largest absolute Gasteiger partial charge is 0.390 e. The van der Waals surface area contributed by atoms with Crippen LogP contribution in [0.25, 0.3) is 0 Å². The van der Waals surface area contributed by atoms with Gasteiger partial charge in [-0.15, -0.1) is 0 Å². The number of rotatable bonds is 4. The Balaban J connectivity index is 2.30. The van der Waals surface area contributed by atoms with Gasteiger partial charge in [0.25, 0.3) is 10.0 Å². The highest BCUT2D eigenvalue weighted by Crippen LogP contribution is 2.18. The molecule has 6 nitrogen and oxygen atoms in total. The fraction of sp³-hybridized carbons (Fsp3) is 0.100. The molecule has 0 spiro atoms. The number of aromatic nitrogens is 2. The number of pyridine rings is 1. The maximum atomic E-state index is 13.3. The summed E-state index contributed by atoms with van der Waals surface area (Å²) >= 11 is 0. The maximum absolute atomic E-state index is 13.3. The Morgan fingerprint density at radius 1 is 1.50 bits per heavy atom. The molecule has 96 valence electrons. The number of hydrogen-bond acceptors (Lipinski definition) is 4. The van der Waals surface area contributed by atoms with Crippen LogP contribution in [0.3, 0.4) is 0 Å². The Kier molecular flexibility index (Phi) is 3.30. The fourth-order valence-corrected chi connectivity index (χ4v) is 2.41. The van der Waals surface area contributed by atoms with E-state index < -0.39 is 15.8 Å². The Hall–Kier alpha value is -1.93. The first-order valence-corrected chi connectivity index (χ1v) is 6.42. The number of nitrogens with zero attached hydrogens (tertiary/aromatic N) is 1. The molecule has 2 heterocycles. The van der Waals surface area contributed by atoms with Crippen molar-refractivity contribution in [2.24, 2.45) is 0 Å². The third-order valence-electron chi connectivity index (χ3n) is 2.21. The van der Waals surface area contributed by atoms with Crippen LogP contribution in [0.2, 0.25) is 0 Å². The molecule has 0 bridgehead atoms. The molecule has 0 unspecified atom stereocenters. The number of hydrogen-bond donors (Lipinski definition) is 3. The first-order chi connectivity index (χ1) is 8.53. The normalized spacial score (nSPS) is 11.4. The van der Waals surface area contributed by atoms with Crippen LogP contribution in [-0.4, -0.2) is 23.5 Å². The minimum Gasteiger partial charge on any atom is -0.390 e. The van der Waals surface area contributed by atoms with E-state index >= 15 is 0 Å². The third-order valence-corrected chi connectivity index (χ3v) is 3.56. The molecule has 0 atom stereocenters. The van der Waals surface area contributed by atoms with E-state index in [-0.39, 0.29) is 17.2 Å². The predicted octanol–water partition coefficient (Wildman–Crippen LogP) is 0.842. The van der Waals surface area contributed by atoms with Crippen LogP contribution in [-0.2, 0) is 16.6 Å². The number of aromatic amines is 1. The monoisotopic (exact) mass is 271 g/mol. The van der Waals surface area contributed by atoms with Crippen LogP contribution in [0, 0.1) is 5.82 Å². The Bertz CT molecular complexity index is 654. The van der Waals surface area contributed by atoms with Crippen molar-refractivity contribution in [3.05, 3.63) is 42.2 Å². The summed E-state index contributed by atoms with van der Waals surface area (Å²) < 4.78 is 39.1.